The van der Waals surface area contributed by atoms with Crippen LogP contribution in [0.1, 0.15) is 34.6 Å². The molecule has 36 heavy (non-hydrogen) atoms. The average molecular weight is 489 g/mol. The van der Waals surface area contributed by atoms with E-state index in [4.69, 9.17) is 0 Å². The van der Waals surface area contributed by atoms with Gasteiger partial charge in [0.1, 0.15) is 18.8 Å². The van der Waals surface area contributed by atoms with E-state index >= 15 is 0 Å². The van der Waals surface area contributed by atoms with Crippen molar-refractivity contribution in [2.24, 2.45) is 5.10 Å². The highest BCUT2D eigenvalue weighted by Gasteiger charge is 2.58. The second-order valence-electron chi connectivity index (χ2n) is 9.29. The summed E-state index contributed by atoms with van der Waals surface area (Å²) in [6, 6.07) is 16.1. The Morgan fingerprint density at radius 1 is 0.917 bits per heavy atom. The van der Waals surface area contributed by atoms with Crippen LogP contribution in [0.25, 0.3) is 0 Å². The zero-order chi connectivity index (χ0) is 25.6. The van der Waals surface area contributed by atoms with Crippen LogP contribution in [0.5, 0.6) is 0 Å². The smallest absolute Gasteiger partial charge is 0.310 e. The number of nitrogens with one attached hydrogen (secondary N) is 1. The van der Waals surface area contributed by atoms with Crippen LogP contribution in [0.4, 0.5) is 4.79 Å². The van der Waals surface area contributed by atoms with Crippen molar-refractivity contribution in [1.29, 1.82) is 0 Å². The van der Waals surface area contributed by atoms with Crippen molar-refractivity contribution in [2.45, 2.75) is 38.4 Å². The maximum absolute atomic E-state index is 13.7. The molecule has 2 fully saturated rings. The number of hydrazone groups is 1. The van der Waals surface area contributed by atoms with Gasteiger partial charge in [-0.3, -0.25) is 29.6 Å². The van der Waals surface area contributed by atoms with Gasteiger partial charge in [0, 0.05) is 18.2 Å². The van der Waals surface area contributed by atoms with Crippen LogP contribution >= 0.6 is 0 Å². The molecule has 2 aromatic rings. The van der Waals surface area contributed by atoms with Crippen molar-refractivity contribution >= 4 is 29.2 Å². The summed E-state index contributed by atoms with van der Waals surface area (Å²) >= 11 is 0. The second kappa shape index (κ2) is 9.29. The fraction of sp³-hybridized carbons (Fsp3) is 0.346. The van der Waals surface area contributed by atoms with E-state index in [1.54, 1.807) is 66.7 Å². The predicted molar refractivity (Wildman–Crippen MR) is 132 cm³/mol. The standard InChI is InChI=1S/C26H28N6O4/c1-16-17(2)32-22-23(27-25(32)31(28-16)15-21(34)19-12-8-5-9-13-19)29(3)26(36)30(24(22)35)14-20(33)18-10-6-4-7-11-18/h4-13,17,22-23,25,27H,14-15H2,1-3H3. The maximum Gasteiger partial charge on any atom is 0.328 e. The van der Waals surface area contributed by atoms with E-state index in [1.165, 1.54) is 4.90 Å². The molecule has 3 amide bonds. The van der Waals surface area contributed by atoms with Crippen LogP contribution in [0.2, 0.25) is 0 Å². The monoisotopic (exact) mass is 488 g/mol. The number of amides is 3. The summed E-state index contributed by atoms with van der Waals surface area (Å²) < 4.78 is 0. The quantitative estimate of drug-likeness (QED) is 0.616. The highest BCUT2D eigenvalue weighted by atomic mass is 16.2. The largest absolute Gasteiger partial charge is 0.328 e. The molecule has 2 saturated heterocycles. The first kappa shape index (κ1) is 23.8. The Labute approximate surface area is 209 Å². The summed E-state index contributed by atoms with van der Waals surface area (Å²) in [5.74, 6) is -0.867. The minimum atomic E-state index is -0.740. The number of nitrogens with zero attached hydrogens (tertiary/aromatic N) is 5. The molecule has 0 aliphatic carbocycles. The lowest BCUT2D eigenvalue weighted by Crippen LogP contribution is -2.68. The molecule has 3 aliphatic rings. The van der Waals surface area contributed by atoms with Crippen LogP contribution in [0.15, 0.2) is 65.8 Å². The van der Waals surface area contributed by atoms with Gasteiger partial charge in [-0.05, 0) is 13.8 Å². The van der Waals surface area contributed by atoms with Crippen molar-refractivity contribution in [3.8, 4) is 0 Å². The van der Waals surface area contributed by atoms with Crippen LogP contribution in [0.3, 0.4) is 0 Å². The van der Waals surface area contributed by atoms with E-state index in [0.717, 1.165) is 10.6 Å². The van der Waals surface area contributed by atoms with Crippen LogP contribution in [-0.4, -0.2) is 93.6 Å². The Morgan fingerprint density at radius 3 is 2.06 bits per heavy atom. The predicted octanol–water partition coefficient (Wildman–Crippen LogP) is 1.61. The number of fused-ring (bicyclic) bond motifs is 3. The summed E-state index contributed by atoms with van der Waals surface area (Å²) in [7, 11) is 1.61. The molecule has 10 nitrogen and oxygen atoms in total. The van der Waals surface area contributed by atoms with Crippen molar-refractivity contribution in [2.75, 3.05) is 20.1 Å². The molecule has 0 aromatic heterocycles. The molecular weight excluding hydrogens is 460 g/mol. The van der Waals surface area contributed by atoms with Gasteiger partial charge >= 0.3 is 6.03 Å². The number of hydrogen-bond acceptors (Lipinski definition) is 8. The van der Waals surface area contributed by atoms with Crippen LogP contribution < -0.4 is 5.32 Å². The number of imide groups is 1. The highest BCUT2D eigenvalue weighted by molar-refractivity contribution is 6.07. The Morgan fingerprint density at radius 2 is 1.47 bits per heavy atom. The summed E-state index contributed by atoms with van der Waals surface area (Å²) in [5.41, 5.74) is 1.75. The van der Waals surface area contributed by atoms with Crippen molar-refractivity contribution in [3.05, 3.63) is 71.8 Å². The average Bonchev–Trinajstić information content (AvgIpc) is 3.31. The lowest BCUT2D eigenvalue weighted by molar-refractivity contribution is -0.139. The number of Topliss-reactive ketones (excluding diaryl/α,β-unsaturated/α-hetero) is 2. The molecular formula is C26H28N6O4. The first-order chi connectivity index (χ1) is 17.3. The first-order valence-corrected chi connectivity index (χ1v) is 11.9. The molecule has 3 aliphatic heterocycles. The minimum absolute atomic E-state index is 0.00371. The SMILES string of the molecule is CC1=NN(CC(=O)c2ccccc2)C2NC3C(C(=O)N(CC(=O)c4ccccc4)C(=O)N3C)N2C1C. The summed E-state index contributed by atoms with van der Waals surface area (Å²) in [6.45, 7) is 3.46. The lowest BCUT2D eigenvalue weighted by atomic mass is 10.0. The number of carbonyl (C=O) groups excluding carboxylic acids is 4. The zero-order valence-electron chi connectivity index (χ0n) is 20.4. The number of likely N-dealkylation sites (N-methyl/N-ethyl adjacent to an activating group) is 1. The van der Waals surface area contributed by atoms with Crippen molar-refractivity contribution in [1.82, 2.24) is 25.0 Å². The van der Waals surface area contributed by atoms with E-state index in [0.29, 0.717) is 11.1 Å². The number of rotatable bonds is 6. The fourth-order valence-electron chi connectivity index (χ4n) is 5.03. The number of carbonyl (C=O) groups is 4. The van der Waals surface area contributed by atoms with Crippen LogP contribution in [-0.2, 0) is 4.79 Å². The van der Waals surface area contributed by atoms with Gasteiger partial charge in [-0.15, -0.1) is 0 Å². The van der Waals surface area contributed by atoms with E-state index in [1.807, 2.05) is 24.8 Å². The third kappa shape index (κ3) is 3.98. The van der Waals surface area contributed by atoms with Gasteiger partial charge in [0.15, 0.2) is 17.9 Å². The van der Waals surface area contributed by atoms with E-state index in [9.17, 15) is 19.2 Å². The molecule has 1 N–H and O–H groups in total. The molecule has 0 spiro atoms. The zero-order valence-corrected chi connectivity index (χ0v) is 20.4. The van der Waals surface area contributed by atoms with Gasteiger partial charge in [0.2, 0.25) is 0 Å². The van der Waals surface area contributed by atoms with E-state index < -0.39 is 30.4 Å². The van der Waals surface area contributed by atoms with Crippen LogP contribution in [0, 0.1) is 0 Å². The minimum Gasteiger partial charge on any atom is -0.310 e. The lowest BCUT2D eigenvalue weighted by Gasteiger charge is -2.44. The Hall–Kier alpha value is -3.89. The van der Waals surface area contributed by atoms with E-state index in [2.05, 4.69) is 10.4 Å². The molecule has 0 radical (unpaired) electrons. The topological polar surface area (TPSA) is 106 Å². The molecule has 10 heteroatoms. The molecule has 3 heterocycles. The second-order valence-corrected chi connectivity index (χ2v) is 9.29. The van der Waals surface area contributed by atoms with Gasteiger partial charge in [-0.25, -0.2) is 9.69 Å². The first-order valence-electron chi connectivity index (χ1n) is 11.9. The van der Waals surface area contributed by atoms with E-state index in [-0.39, 0.29) is 30.7 Å². The number of hydrogen-bond donors (Lipinski definition) is 1. The molecule has 0 bridgehead atoms. The van der Waals surface area contributed by atoms with Crippen molar-refractivity contribution < 1.29 is 19.2 Å². The number of urea groups is 1. The van der Waals surface area contributed by atoms with Gasteiger partial charge in [-0.2, -0.15) is 5.10 Å². The maximum atomic E-state index is 13.7. The summed E-state index contributed by atoms with van der Waals surface area (Å²) in [6.07, 6.45) is -1.20. The highest BCUT2D eigenvalue weighted by Crippen LogP contribution is 2.33. The molecule has 5 rings (SSSR count). The summed E-state index contributed by atoms with van der Waals surface area (Å²) in [5, 5.41) is 9.62. The molecule has 0 saturated carbocycles. The van der Waals surface area contributed by atoms with Gasteiger partial charge in [0.05, 0.1) is 18.3 Å². The third-order valence-electron chi connectivity index (χ3n) is 7.11. The molecule has 4 atom stereocenters. The fourth-order valence-corrected chi connectivity index (χ4v) is 5.03. The Bertz CT molecular complexity index is 1230. The molecule has 186 valence electrons. The summed E-state index contributed by atoms with van der Waals surface area (Å²) in [4.78, 5) is 57.1. The van der Waals surface area contributed by atoms with Gasteiger partial charge in [0.25, 0.3) is 5.91 Å². The normalized spacial score (nSPS) is 26.0. The number of benzene rings is 2. The van der Waals surface area contributed by atoms with Gasteiger partial charge < -0.3 is 4.90 Å². The van der Waals surface area contributed by atoms with Crippen molar-refractivity contribution in [3.63, 3.8) is 0 Å². The third-order valence-corrected chi connectivity index (χ3v) is 7.11. The Balaban J connectivity index is 1.42. The van der Waals surface area contributed by atoms with Gasteiger partial charge in [-0.1, -0.05) is 60.7 Å². The molecule has 2 aromatic carbocycles. The number of ketones is 2. The molecule has 4 unspecified atom stereocenters. The Kier molecular flexibility index (Phi) is 6.15.